The van der Waals surface area contributed by atoms with Gasteiger partial charge in [0, 0.05) is 25.6 Å². The van der Waals surface area contributed by atoms with Gasteiger partial charge in [-0.15, -0.1) is 0 Å². The van der Waals surface area contributed by atoms with Crippen LogP contribution in [0.5, 0.6) is 0 Å². The molecule has 1 rings (SSSR count). The van der Waals surface area contributed by atoms with Gasteiger partial charge in [0.2, 0.25) is 11.8 Å². The Hall–Kier alpha value is -1.10. The van der Waals surface area contributed by atoms with Crippen molar-refractivity contribution in [3.8, 4) is 0 Å². The van der Waals surface area contributed by atoms with Crippen molar-refractivity contribution in [2.45, 2.75) is 38.8 Å². The molecule has 86 valence electrons. The number of nitrogens with two attached hydrogens (primary N) is 1. The molecule has 1 aliphatic rings. The molecule has 5 heteroatoms. The number of amides is 2. The number of carbonyl (C=O) groups excluding carboxylic acids is 2. The summed E-state index contributed by atoms with van der Waals surface area (Å²) in [6, 6.07) is -0.139. The lowest BCUT2D eigenvalue weighted by Gasteiger charge is -2.21. The second-order valence-electron chi connectivity index (χ2n) is 4.07. The van der Waals surface area contributed by atoms with Crippen molar-refractivity contribution >= 4 is 11.8 Å². The molecule has 3 N–H and O–H groups in total. The minimum absolute atomic E-state index is 0.0235. The third kappa shape index (κ3) is 2.92. The first kappa shape index (κ1) is 12.0. The summed E-state index contributed by atoms with van der Waals surface area (Å²) >= 11 is 0. The Balaban J connectivity index is 2.46. The molecular formula is C10H19N3O2. The Morgan fingerprint density at radius 2 is 2.33 bits per heavy atom. The van der Waals surface area contributed by atoms with Gasteiger partial charge in [-0.2, -0.15) is 0 Å². The number of hydrogen-bond acceptors (Lipinski definition) is 3. The maximum Gasteiger partial charge on any atom is 0.245 e. The van der Waals surface area contributed by atoms with E-state index >= 15 is 0 Å². The summed E-state index contributed by atoms with van der Waals surface area (Å²) < 4.78 is 0. The maximum absolute atomic E-state index is 11.8. The minimum atomic E-state index is -0.341. The zero-order valence-corrected chi connectivity index (χ0v) is 9.32. The van der Waals surface area contributed by atoms with Crippen LogP contribution in [-0.2, 0) is 9.59 Å². The van der Waals surface area contributed by atoms with Crippen LogP contribution in [0.15, 0.2) is 0 Å². The maximum atomic E-state index is 11.8. The van der Waals surface area contributed by atoms with Crippen LogP contribution in [0.4, 0.5) is 0 Å². The fourth-order valence-electron chi connectivity index (χ4n) is 1.75. The Kier molecular flexibility index (Phi) is 4.08. The summed E-state index contributed by atoms with van der Waals surface area (Å²) in [7, 11) is 0. The number of nitrogens with one attached hydrogen (secondary N) is 1. The van der Waals surface area contributed by atoms with Crippen LogP contribution in [0.2, 0.25) is 0 Å². The van der Waals surface area contributed by atoms with E-state index in [0.717, 1.165) is 6.54 Å². The average Bonchev–Trinajstić information content (AvgIpc) is 2.48. The smallest absolute Gasteiger partial charge is 0.245 e. The fourth-order valence-corrected chi connectivity index (χ4v) is 1.75. The molecule has 0 saturated carbocycles. The van der Waals surface area contributed by atoms with E-state index in [2.05, 4.69) is 5.32 Å². The monoisotopic (exact) mass is 213 g/mol. The first-order valence-corrected chi connectivity index (χ1v) is 5.36. The standard InChI is InChI=1S/C10H19N3O2/c1-7(2)13-6-4-8(10(13)15)12-9(14)3-5-11/h7-8H,3-6,11H2,1-2H3,(H,12,14). The van der Waals surface area contributed by atoms with Gasteiger partial charge in [0.25, 0.3) is 0 Å². The van der Waals surface area contributed by atoms with Crippen molar-refractivity contribution in [1.29, 1.82) is 0 Å². The molecule has 2 amide bonds. The quantitative estimate of drug-likeness (QED) is 0.658. The van der Waals surface area contributed by atoms with E-state index in [1.165, 1.54) is 0 Å². The lowest BCUT2D eigenvalue weighted by molar-refractivity contribution is -0.133. The second kappa shape index (κ2) is 5.11. The van der Waals surface area contributed by atoms with Gasteiger partial charge < -0.3 is 16.0 Å². The van der Waals surface area contributed by atoms with Crippen molar-refractivity contribution in [2.75, 3.05) is 13.1 Å². The molecule has 0 aromatic carbocycles. The van der Waals surface area contributed by atoms with Crippen molar-refractivity contribution in [1.82, 2.24) is 10.2 Å². The largest absolute Gasteiger partial charge is 0.344 e. The molecule has 0 bridgehead atoms. The molecule has 1 atom stereocenters. The Morgan fingerprint density at radius 1 is 1.67 bits per heavy atom. The van der Waals surface area contributed by atoms with E-state index in [4.69, 9.17) is 5.73 Å². The molecular weight excluding hydrogens is 194 g/mol. The van der Waals surface area contributed by atoms with Crippen molar-refractivity contribution < 1.29 is 9.59 Å². The number of nitrogens with zero attached hydrogens (tertiary/aromatic N) is 1. The number of rotatable bonds is 4. The molecule has 15 heavy (non-hydrogen) atoms. The lowest BCUT2D eigenvalue weighted by Crippen LogP contribution is -2.43. The zero-order valence-electron chi connectivity index (χ0n) is 9.32. The molecule has 0 spiro atoms. The average molecular weight is 213 g/mol. The summed E-state index contributed by atoms with van der Waals surface area (Å²) in [5.41, 5.74) is 5.26. The summed E-state index contributed by atoms with van der Waals surface area (Å²) in [5, 5.41) is 2.70. The van der Waals surface area contributed by atoms with Gasteiger partial charge in [0.15, 0.2) is 0 Å². The van der Waals surface area contributed by atoms with Crippen LogP contribution < -0.4 is 11.1 Å². The third-order valence-electron chi connectivity index (χ3n) is 2.57. The lowest BCUT2D eigenvalue weighted by atomic mass is 10.2. The van der Waals surface area contributed by atoms with E-state index < -0.39 is 0 Å². The predicted molar refractivity (Wildman–Crippen MR) is 57.1 cm³/mol. The van der Waals surface area contributed by atoms with Gasteiger partial charge in [-0.25, -0.2) is 0 Å². The summed E-state index contributed by atoms with van der Waals surface area (Å²) in [6.45, 7) is 4.99. The summed E-state index contributed by atoms with van der Waals surface area (Å²) in [6.07, 6.45) is 0.985. The van der Waals surface area contributed by atoms with Crippen molar-refractivity contribution in [3.63, 3.8) is 0 Å². The van der Waals surface area contributed by atoms with E-state index in [9.17, 15) is 9.59 Å². The Morgan fingerprint density at radius 3 is 2.80 bits per heavy atom. The van der Waals surface area contributed by atoms with Crippen molar-refractivity contribution in [2.24, 2.45) is 5.73 Å². The molecule has 1 aliphatic heterocycles. The van der Waals surface area contributed by atoms with Crippen LogP contribution in [0, 0.1) is 0 Å². The molecule has 0 aromatic rings. The van der Waals surface area contributed by atoms with Gasteiger partial charge in [0.1, 0.15) is 6.04 Å². The predicted octanol–water partition coefficient (Wildman–Crippen LogP) is -0.539. The first-order valence-electron chi connectivity index (χ1n) is 5.36. The minimum Gasteiger partial charge on any atom is -0.344 e. The van der Waals surface area contributed by atoms with Gasteiger partial charge in [-0.3, -0.25) is 9.59 Å². The topological polar surface area (TPSA) is 75.4 Å². The molecule has 5 nitrogen and oxygen atoms in total. The van der Waals surface area contributed by atoms with Gasteiger partial charge in [0.05, 0.1) is 0 Å². The van der Waals surface area contributed by atoms with Crippen LogP contribution in [0.25, 0.3) is 0 Å². The second-order valence-corrected chi connectivity index (χ2v) is 4.07. The van der Waals surface area contributed by atoms with E-state index in [1.54, 1.807) is 4.90 Å². The Labute approximate surface area is 90.0 Å². The molecule has 0 aliphatic carbocycles. The third-order valence-corrected chi connectivity index (χ3v) is 2.57. The first-order chi connectivity index (χ1) is 7.06. The molecule has 1 heterocycles. The molecule has 1 fully saturated rings. The summed E-state index contributed by atoms with van der Waals surface area (Å²) in [4.78, 5) is 24.8. The molecule has 0 radical (unpaired) electrons. The fraction of sp³-hybridized carbons (Fsp3) is 0.800. The summed E-state index contributed by atoms with van der Waals surface area (Å²) in [5.74, 6) is -0.114. The zero-order chi connectivity index (χ0) is 11.4. The highest BCUT2D eigenvalue weighted by Crippen LogP contribution is 2.14. The number of likely N-dealkylation sites (tertiary alicyclic amines) is 1. The Bertz CT molecular complexity index is 253. The number of carbonyl (C=O) groups is 2. The normalized spacial score (nSPS) is 21.2. The molecule has 0 aromatic heterocycles. The van der Waals surface area contributed by atoms with Gasteiger partial charge >= 0.3 is 0 Å². The van der Waals surface area contributed by atoms with E-state index in [1.807, 2.05) is 13.8 Å². The van der Waals surface area contributed by atoms with Gasteiger partial charge in [-0.05, 0) is 20.3 Å². The van der Waals surface area contributed by atoms with Crippen LogP contribution >= 0.6 is 0 Å². The highest BCUT2D eigenvalue weighted by atomic mass is 16.2. The highest BCUT2D eigenvalue weighted by Gasteiger charge is 2.33. The van der Waals surface area contributed by atoms with Crippen LogP contribution in [0.1, 0.15) is 26.7 Å². The molecule has 1 unspecified atom stereocenters. The number of hydrogen-bond donors (Lipinski definition) is 2. The van der Waals surface area contributed by atoms with Gasteiger partial charge in [-0.1, -0.05) is 0 Å². The van der Waals surface area contributed by atoms with E-state index in [-0.39, 0.29) is 30.3 Å². The molecule has 1 saturated heterocycles. The van der Waals surface area contributed by atoms with Crippen LogP contribution in [-0.4, -0.2) is 41.9 Å². The SMILES string of the molecule is CC(C)N1CCC(NC(=O)CCN)C1=O. The highest BCUT2D eigenvalue weighted by molar-refractivity contribution is 5.89. The van der Waals surface area contributed by atoms with Crippen LogP contribution in [0.3, 0.4) is 0 Å². The van der Waals surface area contributed by atoms with Crippen molar-refractivity contribution in [3.05, 3.63) is 0 Å². The van der Waals surface area contributed by atoms with E-state index in [0.29, 0.717) is 13.0 Å².